The summed E-state index contributed by atoms with van der Waals surface area (Å²) in [5.41, 5.74) is -0.922. The summed E-state index contributed by atoms with van der Waals surface area (Å²) in [5, 5.41) is 14.0. The van der Waals surface area contributed by atoms with Crippen molar-refractivity contribution in [1.29, 1.82) is 0 Å². The van der Waals surface area contributed by atoms with Gasteiger partial charge in [-0.2, -0.15) is 0 Å². The molecule has 1 saturated heterocycles. The topological polar surface area (TPSA) is 61.8 Å². The number of ether oxygens (including phenoxy) is 1. The summed E-state index contributed by atoms with van der Waals surface area (Å²) >= 11 is 0. The Kier molecular flexibility index (Phi) is 4.04. The highest BCUT2D eigenvalue weighted by atomic mass is 16.6. The van der Waals surface area contributed by atoms with E-state index in [1.807, 2.05) is 20.8 Å². The SMILES string of the molecule is CC1(NCC2(O)CCN(C(=O)OC(C)(C)C)CC2)CC1. The lowest BCUT2D eigenvalue weighted by Crippen LogP contribution is -2.53. The van der Waals surface area contributed by atoms with Crippen LogP contribution < -0.4 is 5.32 Å². The van der Waals surface area contributed by atoms with Gasteiger partial charge in [0.1, 0.15) is 5.60 Å². The molecule has 0 atom stereocenters. The minimum Gasteiger partial charge on any atom is -0.444 e. The molecule has 0 aromatic heterocycles. The minimum absolute atomic E-state index is 0.234. The summed E-state index contributed by atoms with van der Waals surface area (Å²) in [6.45, 7) is 9.52. The van der Waals surface area contributed by atoms with E-state index in [2.05, 4.69) is 12.2 Å². The molecule has 0 bridgehead atoms. The number of carbonyl (C=O) groups is 1. The van der Waals surface area contributed by atoms with Crippen LogP contribution in [-0.2, 0) is 4.74 Å². The number of hydrogen-bond donors (Lipinski definition) is 2. The lowest BCUT2D eigenvalue weighted by atomic mass is 9.91. The summed E-state index contributed by atoms with van der Waals surface area (Å²) in [6.07, 6.45) is 3.31. The number of carbonyl (C=O) groups excluding carboxylic acids is 1. The maximum atomic E-state index is 12.0. The lowest BCUT2D eigenvalue weighted by molar-refractivity contribution is -0.0324. The summed E-state index contributed by atoms with van der Waals surface area (Å²) < 4.78 is 5.36. The van der Waals surface area contributed by atoms with Gasteiger partial charge in [-0.1, -0.05) is 0 Å². The van der Waals surface area contributed by atoms with Gasteiger partial charge in [-0.05, 0) is 53.4 Å². The van der Waals surface area contributed by atoms with Gasteiger partial charge >= 0.3 is 6.09 Å². The molecular weight excluding hydrogens is 256 g/mol. The van der Waals surface area contributed by atoms with E-state index in [9.17, 15) is 9.90 Å². The Hall–Kier alpha value is -0.810. The molecule has 116 valence electrons. The predicted octanol–water partition coefficient (Wildman–Crippen LogP) is 1.89. The van der Waals surface area contributed by atoms with Crippen molar-refractivity contribution < 1.29 is 14.6 Å². The van der Waals surface area contributed by atoms with E-state index in [4.69, 9.17) is 4.74 Å². The van der Waals surface area contributed by atoms with E-state index in [0.717, 1.165) is 0 Å². The highest BCUT2D eigenvalue weighted by Gasteiger charge is 2.41. The second-order valence-corrected chi connectivity index (χ2v) is 7.61. The number of nitrogens with one attached hydrogen (secondary N) is 1. The molecule has 1 heterocycles. The highest BCUT2D eigenvalue weighted by Crippen LogP contribution is 2.35. The van der Waals surface area contributed by atoms with E-state index in [0.29, 0.717) is 32.5 Å². The van der Waals surface area contributed by atoms with Crippen LogP contribution in [0.5, 0.6) is 0 Å². The summed E-state index contributed by atoms with van der Waals surface area (Å²) in [4.78, 5) is 13.7. The molecule has 5 heteroatoms. The molecule has 0 spiro atoms. The molecule has 1 aliphatic heterocycles. The van der Waals surface area contributed by atoms with Crippen molar-refractivity contribution in [2.24, 2.45) is 0 Å². The van der Waals surface area contributed by atoms with E-state index in [1.165, 1.54) is 12.8 Å². The fourth-order valence-electron chi connectivity index (χ4n) is 2.35. The van der Waals surface area contributed by atoms with Gasteiger partial charge in [0.15, 0.2) is 0 Å². The summed E-state index contributed by atoms with van der Waals surface area (Å²) in [5.74, 6) is 0. The van der Waals surface area contributed by atoms with Crippen LogP contribution in [0.15, 0.2) is 0 Å². The van der Waals surface area contributed by atoms with Gasteiger partial charge in [0.05, 0.1) is 5.60 Å². The molecule has 1 aliphatic carbocycles. The molecule has 0 unspecified atom stereocenters. The Morgan fingerprint density at radius 3 is 2.25 bits per heavy atom. The monoisotopic (exact) mass is 284 g/mol. The maximum Gasteiger partial charge on any atom is 0.410 e. The van der Waals surface area contributed by atoms with E-state index in [1.54, 1.807) is 4.90 Å². The normalized spacial score (nSPS) is 24.4. The second kappa shape index (κ2) is 5.19. The average Bonchev–Trinajstić information content (AvgIpc) is 3.05. The van der Waals surface area contributed by atoms with Crippen LogP contribution in [0.25, 0.3) is 0 Å². The minimum atomic E-state index is -0.690. The number of β-amino-alcohol motifs (C(OH)–C–C–N with tert-alkyl or cyclic N) is 1. The number of rotatable bonds is 3. The molecule has 1 saturated carbocycles. The van der Waals surface area contributed by atoms with Crippen LogP contribution in [0.2, 0.25) is 0 Å². The predicted molar refractivity (Wildman–Crippen MR) is 77.6 cm³/mol. The molecule has 0 aromatic rings. The second-order valence-electron chi connectivity index (χ2n) is 7.61. The van der Waals surface area contributed by atoms with Crippen molar-refractivity contribution in [3.8, 4) is 0 Å². The zero-order chi connectivity index (χ0) is 15.0. The summed E-state index contributed by atoms with van der Waals surface area (Å²) in [6, 6.07) is 0. The Morgan fingerprint density at radius 1 is 1.25 bits per heavy atom. The van der Waals surface area contributed by atoms with Crippen molar-refractivity contribution in [2.45, 2.75) is 70.1 Å². The average molecular weight is 284 g/mol. The third-order valence-corrected chi connectivity index (χ3v) is 4.19. The lowest BCUT2D eigenvalue weighted by Gasteiger charge is -2.39. The highest BCUT2D eigenvalue weighted by molar-refractivity contribution is 5.68. The molecule has 2 rings (SSSR count). The van der Waals surface area contributed by atoms with Crippen molar-refractivity contribution in [2.75, 3.05) is 19.6 Å². The number of likely N-dealkylation sites (tertiary alicyclic amines) is 1. The van der Waals surface area contributed by atoms with Crippen molar-refractivity contribution in [3.05, 3.63) is 0 Å². The molecule has 20 heavy (non-hydrogen) atoms. The van der Waals surface area contributed by atoms with Crippen LogP contribution in [-0.4, -0.2) is 52.5 Å². The molecule has 2 N–H and O–H groups in total. The number of amides is 1. The molecule has 1 amide bonds. The third-order valence-electron chi connectivity index (χ3n) is 4.19. The van der Waals surface area contributed by atoms with Gasteiger partial charge in [-0.25, -0.2) is 4.79 Å². The van der Waals surface area contributed by atoms with E-state index < -0.39 is 11.2 Å². The fraction of sp³-hybridized carbons (Fsp3) is 0.933. The van der Waals surface area contributed by atoms with Gasteiger partial charge < -0.3 is 20.1 Å². The molecule has 5 nitrogen and oxygen atoms in total. The van der Waals surface area contributed by atoms with Crippen LogP contribution in [0.3, 0.4) is 0 Å². The molecule has 2 aliphatic rings. The van der Waals surface area contributed by atoms with Gasteiger partial charge in [0.25, 0.3) is 0 Å². The number of aliphatic hydroxyl groups is 1. The Labute approximate surface area is 121 Å². The quantitative estimate of drug-likeness (QED) is 0.831. The van der Waals surface area contributed by atoms with E-state index in [-0.39, 0.29) is 11.6 Å². The van der Waals surface area contributed by atoms with Crippen LogP contribution in [0.1, 0.15) is 53.4 Å². The first-order valence-electron chi connectivity index (χ1n) is 7.56. The molecule has 0 aromatic carbocycles. The molecule has 2 fully saturated rings. The Morgan fingerprint density at radius 2 is 1.80 bits per heavy atom. The number of hydrogen-bond acceptors (Lipinski definition) is 4. The van der Waals surface area contributed by atoms with Crippen LogP contribution >= 0.6 is 0 Å². The smallest absolute Gasteiger partial charge is 0.410 e. The Balaban J connectivity index is 1.77. The molecule has 0 radical (unpaired) electrons. The van der Waals surface area contributed by atoms with Gasteiger partial charge in [-0.15, -0.1) is 0 Å². The largest absolute Gasteiger partial charge is 0.444 e. The first kappa shape index (κ1) is 15.6. The first-order chi connectivity index (χ1) is 9.11. The zero-order valence-electron chi connectivity index (χ0n) is 13.2. The fourth-order valence-corrected chi connectivity index (χ4v) is 2.35. The number of piperidine rings is 1. The zero-order valence-corrected chi connectivity index (χ0v) is 13.2. The maximum absolute atomic E-state index is 12.0. The summed E-state index contributed by atoms with van der Waals surface area (Å²) in [7, 11) is 0. The van der Waals surface area contributed by atoms with Gasteiger partial charge in [0, 0.05) is 25.2 Å². The number of nitrogens with zero attached hydrogens (tertiary/aromatic N) is 1. The van der Waals surface area contributed by atoms with Crippen molar-refractivity contribution in [3.63, 3.8) is 0 Å². The van der Waals surface area contributed by atoms with Crippen LogP contribution in [0, 0.1) is 0 Å². The van der Waals surface area contributed by atoms with E-state index >= 15 is 0 Å². The van der Waals surface area contributed by atoms with Crippen molar-refractivity contribution >= 4 is 6.09 Å². The first-order valence-corrected chi connectivity index (χ1v) is 7.56. The van der Waals surface area contributed by atoms with Gasteiger partial charge in [0.2, 0.25) is 0 Å². The van der Waals surface area contributed by atoms with Gasteiger partial charge in [-0.3, -0.25) is 0 Å². The molecular formula is C15H28N2O3. The third kappa shape index (κ3) is 4.35. The standard InChI is InChI=1S/C15H28N2O3/c1-13(2,3)20-12(18)17-9-7-15(19,8-10-17)11-16-14(4)5-6-14/h16,19H,5-11H2,1-4H3. The Bertz CT molecular complexity index is 364. The van der Waals surface area contributed by atoms with Crippen LogP contribution in [0.4, 0.5) is 4.79 Å². The van der Waals surface area contributed by atoms with Crippen molar-refractivity contribution in [1.82, 2.24) is 10.2 Å².